The van der Waals surface area contributed by atoms with Crippen LogP contribution in [0.25, 0.3) is 5.65 Å². The molecule has 0 unspecified atom stereocenters. The third-order valence-electron chi connectivity index (χ3n) is 4.77. The lowest BCUT2D eigenvalue weighted by Crippen LogP contribution is -2.27. The molecule has 4 aromatic rings. The number of anilines is 2. The quantitative estimate of drug-likeness (QED) is 0.574. The van der Waals surface area contributed by atoms with Crippen LogP contribution in [0.15, 0.2) is 79.0 Å². The van der Waals surface area contributed by atoms with Crippen molar-refractivity contribution in [1.82, 2.24) is 9.38 Å². The van der Waals surface area contributed by atoms with Gasteiger partial charge in [-0.05, 0) is 43.3 Å². The Kier molecular flexibility index (Phi) is 4.83. The van der Waals surface area contributed by atoms with E-state index in [0.29, 0.717) is 28.3 Å². The molecule has 6 nitrogen and oxygen atoms in total. The molecule has 2 aromatic heterocycles. The van der Waals surface area contributed by atoms with Gasteiger partial charge in [0.25, 0.3) is 11.8 Å². The number of hydrogen-bond donors (Lipinski definition) is 1. The molecule has 29 heavy (non-hydrogen) atoms. The molecule has 0 aliphatic carbocycles. The second-order valence-corrected chi connectivity index (χ2v) is 6.67. The third kappa shape index (κ3) is 3.48. The van der Waals surface area contributed by atoms with Gasteiger partial charge in [0.1, 0.15) is 11.3 Å². The summed E-state index contributed by atoms with van der Waals surface area (Å²) in [6, 6.07) is 21.9. The minimum Gasteiger partial charge on any atom is -0.320 e. The highest BCUT2D eigenvalue weighted by Crippen LogP contribution is 2.22. The van der Waals surface area contributed by atoms with E-state index < -0.39 is 0 Å². The molecule has 1 N–H and O–H groups in total. The van der Waals surface area contributed by atoms with E-state index in [1.807, 2.05) is 48.5 Å². The Balaban J connectivity index is 1.66. The van der Waals surface area contributed by atoms with Crippen molar-refractivity contribution >= 4 is 28.8 Å². The molecule has 2 heterocycles. The molecule has 0 saturated carbocycles. The van der Waals surface area contributed by atoms with Crippen LogP contribution < -0.4 is 10.2 Å². The zero-order valence-electron chi connectivity index (χ0n) is 16.2. The standard InChI is InChI=1S/C23H20N4O2/c1-16-21(27-15-9-8-14-20(27)24-16)22(28)25-19-13-7-6-12-18(19)23(29)26(2)17-10-4-3-5-11-17/h3-15H,1-2H3,(H,25,28). The fourth-order valence-corrected chi connectivity index (χ4v) is 3.30. The van der Waals surface area contributed by atoms with Crippen LogP contribution in [-0.4, -0.2) is 28.2 Å². The number of nitrogens with zero attached hydrogens (tertiary/aromatic N) is 3. The third-order valence-corrected chi connectivity index (χ3v) is 4.77. The molecule has 2 aromatic carbocycles. The summed E-state index contributed by atoms with van der Waals surface area (Å²) in [5.74, 6) is -0.522. The van der Waals surface area contributed by atoms with Gasteiger partial charge in [-0.15, -0.1) is 0 Å². The van der Waals surface area contributed by atoms with Gasteiger partial charge in [0.2, 0.25) is 0 Å². The van der Waals surface area contributed by atoms with Gasteiger partial charge in [0.05, 0.1) is 16.9 Å². The summed E-state index contributed by atoms with van der Waals surface area (Å²) in [6.07, 6.45) is 1.80. The van der Waals surface area contributed by atoms with Crippen molar-refractivity contribution in [2.75, 3.05) is 17.3 Å². The number of nitrogens with one attached hydrogen (secondary N) is 1. The molecule has 0 saturated heterocycles. The van der Waals surface area contributed by atoms with Crippen LogP contribution in [0.2, 0.25) is 0 Å². The van der Waals surface area contributed by atoms with Crippen molar-refractivity contribution in [2.24, 2.45) is 0 Å². The van der Waals surface area contributed by atoms with Crippen molar-refractivity contribution in [3.8, 4) is 0 Å². The first-order valence-corrected chi connectivity index (χ1v) is 9.23. The molecular weight excluding hydrogens is 364 g/mol. The van der Waals surface area contributed by atoms with Gasteiger partial charge in [0, 0.05) is 18.9 Å². The van der Waals surface area contributed by atoms with Gasteiger partial charge in [0.15, 0.2) is 0 Å². The van der Waals surface area contributed by atoms with Crippen LogP contribution in [0.4, 0.5) is 11.4 Å². The minimum absolute atomic E-state index is 0.207. The summed E-state index contributed by atoms with van der Waals surface area (Å²) in [7, 11) is 1.71. The number of hydrogen-bond acceptors (Lipinski definition) is 3. The summed E-state index contributed by atoms with van der Waals surface area (Å²) in [5, 5.41) is 2.89. The van der Waals surface area contributed by atoms with Crippen LogP contribution in [0.3, 0.4) is 0 Å². The van der Waals surface area contributed by atoms with E-state index in [1.54, 1.807) is 53.7 Å². The number of aromatic nitrogens is 2. The summed E-state index contributed by atoms with van der Waals surface area (Å²) in [5.41, 5.74) is 3.41. The molecule has 0 aliphatic heterocycles. The van der Waals surface area contributed by atoms with Crippen LogP contribution in [0, 0.1) is 6.92 Å². The van der Waals surface area contributed by atoms with E-state index in [4.69, 9.17) is 0 Å². The number of carbonyl (C=O) groups excluding carboxylic acids is 2. The lowest BCUT2D eigenvalue weighted by Gasteiger charge is -2.19. The van der Waals surface area contributed by atoms with E-state index in [2.05, 4.69) is 10.3 Å². The molecule has 0 atom stereocenters. The Bertz CT molecular complexity index is 1200. The maximum atomic E-state index is 13.1. The molecule has 0 bridgehead atoms. The Labute approximate surface area is 168 Å². The van der Waals surface area contributed by atoms with E-state index in [-0.39, 0.29) is 11.8 Å². The van der Waals surface area contributed by atoms with E-state index in [1.165, 1.54) is 0 Å². The van der Waals surface area contributed by atoms with Gasteiger partial charge >= 0.3 is 0 Å². The van der Waals surface area contributed by atoms with Gasteiger partial charge in [-0.2, -0.15) is 0 Å². The Morgan fingerprint density at radius 1 is 0.931 bits per heavy atom. The van der Waals surface area contributed by atoms with Crippen molar-refractivity contribution in [3.63, 3.8) is 0 Å². The first-order valence-electron chi connectivity index (χ1n) is 9.23. The fraction of sp³-hybridized carbons (Fsp3) is 0.0870. The Hall–Kier alpha value is -3.93. The average molecular weight is 384 g/mol. The number of aryl methyl sites for hydroxylation is 1. The first-order chi connectivity index (χ1) is 14.1. The monoisotopic (exact) mass is 384 g/mol. The summed E-state index contributed by atoms with van der Waals surface area (Å²) < 4.78 is 1.74. The van der Waals surface area contributed by atoms with Gasteiger partial charge in [-0.25, -0.2) is 4.98 Å². The smallest absolute Gasteiger partial charge is 0.274 e. The largest absolute Gasteiger partial charge is 0.320 e. The highest BCUT2D eigenvalue weighted by atomic mass is 16.2. The summed E-state index contributed by atoms with van der Waals surface area (Å²) in [4.78, 5) is 32.1. The average Bonchev–Trinajstić information content (AvgIpc) is 3.09. The normalized spacial score (nSPS) is 10.7. The molecule has 0 fully saturated rings. The van der Waals surface area contributed by atoms with Gasteiger partial charge < -0.3 is 10.2 Å². The SMILES string of the molecule is Cc1nc2ccccn2c1C(=O)Nc1ccccc1C(=O)N(C)c1ccccc1. The molecule has 0 spiro atoms. The lowest BCUT2D eigenvalue weighted by atomic mass is 10.1. The van der Waals surface area contributed by atoms with Crippen LogP contribution in [0.5, 0.6) is 0 Å². The molecule has 6 heteroatoms. The number of imidazole rings is 1. The zero-order valence-corrected chi connectivity index (χ0v) is 16.2. The van der Waals surface area contributed by atoms with Crippen LogP contribution >= 0.6 is 0 Å². The second kappa shape index (κ2) is 7.59. The predicted octanol–water partition coefficient (Wildman–Crippen LogP) is 4.17. The van der Waals surface area contributed by atoms with Gasteiger partial charge in [-0.1, -0.05) is 36.4 Å². The van der Waals surface area contributed by atoms with Crippen molar-refractivity contribution < 1.29 is 9.59 Å². The number of pyridine rings is 1. The van der Waals surface area contributed by atoms with E-state index in [0.717, 1.165) is 5.69 Å². The predicted molar refractivity (Wildman–Crippen MR) is 113 cm³/mol. The maximum absolute atomic E-state index is 13.1. The lowest BCUT2D eigenvalue weighted by molar-refractivity contribution is 0.0994. The van der Waals surface area contributed by atoms with Crippen LogP contribution in [0.1, 0.15) is 26.5 Å². The Morgan fingerprint density at radius 3 is 2.41 bits per heavy atom. The molecule has 4 rings (SSSR count). The Morgan fingerprint density at radius 2 is 1.62 bits per heavy atom. The number of amides is 2. The second-order valence-electron chi connectivity index (χ2n) is 6.67. The zero-order chi connectivity index (χ0) is 20.4. The van der Waals surface area contributed by atoms with Crippen molar-refractivity contribution in [2.45, 2.75) is 6.92 Å². The van der Waals surface area contributed by atoms with Crippen molar-refractivity contribution in [3.05, 3.63) is 95.9 Å². The minimum atomic E-state index is -0.316. The van der Waals surface area contributed by atoms with Gasteiger partial charge in [-0.3, -0.25) is 14.0 Å². The molecule has 2 amide bonds. The highest BCUT2D eigenvalue weighted by Gasteiger charge is 2.21. The summed E-state index contributed by atoms with van der Waals surface area (Å²) in [6.45, 7) is 1.79. The van der Waals surface area contributed by atoms with Crippen LogP contribution in [-0.2, 0) is 0 Å². The molecular formula is C23H20N4O2. The number of fused-ring (bicyclic) bond motifs is 1. The first kappa shape index (κ1) is 18.4. The number of carbonyl (C=O) groups is 2. The topological polar surface area (TPSA) is 66.7 Å². The number of para-hydroxylation sites is 2. The fourth-order valence-electron chi connectivity index (χ4n) is 3.30. The highest BCUT2D eigenvalue weighted by molar-refractivity contribution is 6.13. The summed E-state index contributed by atoms with van der Waals surface area (Å²) >= 11 is 0. The van der Waals surface area contributed by atoms with Crippen molar-refractivity contribution in [1.29, 1.82) is 0 Å². The molecule has 144 valence electrons. The number of rotatable bonds is 4. The molecule has 0 radical (unpaired) electrons. The molecule has 0 aliphatic rings. The van der Waals surface area contributed by atoms with E-state index >= 15 is 0 Å². The maximum Gasteiger partial charge on any atom is 0.274 e. The van der Waals surface area contributed by atoms with E-state index in [9.17, 15) is 9.59 Å². The number of benzene rings is 2.